The molecular weight excluding hydrogens is 168 g/mol. The number of hydrazine groups is 1. The molecule has 1 heterocycles. The van der Waals surface area contributed by atoms with Gasteiger partial charge in [0.15, 0.2) is 0 Å². The van der Waals surface area contributed by atoms with Gasteiger partial charge in [-0.15, -0.1) is 0 Å². The van der Waals surface area contributed by atoms with Gasteiger partial charge in [0.2, 0.25) is 0 Å². The molecule has 0 aliphatic carbocycles. The average Bonchev–Trinajstić information content (AvgIpc) is 2.18. The number of nitrogen functional groups attached to an aromatic ring is 1. The molecule has 0 saturated heterocycles. The lowest BCUT2D eigenvalue weighted by Crippen LogP contribution is -2.09. The zero-order chi connectivity index (χ0) is 9.26. The number of H-pyrrole nitrogens is 1. The molecule has 13 heavy (non-hydrogen) atoms. The molecule has 1 aromatic heterocycles. The fraction of sp³-hybridized carbons (Fsp3) is 0. The van der Waals surface area contributed by atoms with Crippen LogP contribution in [0, 0.1) is 0 Å². The van der Waals surface area contributed by atoms with E-state index in [1.165, 1.54) is 6.33 Å². The van der Waals surface area contributed by atoms with Crippen molar-refractivity contribution in [2.24, 2.45) is 5.84 Å². The Bertz CT molecular complexity index is 491. The molecule has 2 rings (SSSR count). The molecule has 0 bridgehead atoms. The van der Waals surface area contributed by atoms with E-state index in [1.807, 2.05) is 0 Å². The normalized spacial score (nSPS) is 10.2. The van der Waals surface area contributed by atoms with Gasteiger partial charge in [0.1, 0.15) is 0 Å². The van der Waals surface area contributed by atoms with Crippen LogP contribution in [0.15, 0.2) is 29.3 Å². The maximum atomic E-state index is 11.3. The topological polar surface area (TPSA) is 83.8 Å². The Hall–Kier alpha value is -1.88. The predicted molar refractivity (Wildman–Crippen MR) is 50.2 cm³/mol. The monoisotopic (exact) mass is 176 g/mol. The minimum absolute atomic E-state index is 0.165. The largest absolute Gasteiger partial charge is 0.324 e. The number of rotatable bonds is 1. The van der Waals surface area contributed by atoms with Crippen LogP contribution < -0.4 is 16.8 Å². The van der Waals surface area contributed by atoms with Crippen molar-refractivity contribution in [3.05, 3.63) is 34.9 Å². The van der Waals surface area contributed by atoms with Gasteiger partial charge in [0.25, 0.3) is 5.56 Å². The van der Waals surface area contributed by atoms with E-state index in [9.17, 15) is 4.79 Å². The predicted octanol–water partition coefficient (Wildman–Crippen LogP) is 0.209. The third-order valence-electron chi connectivity index (χ3n) is 1.81. The van der Waals surface area contributed by atoms with Crippen LogP contribution in [0.5, 0.6) is 0 Å². The number of benzene rings is 1. The number of hydrogen-bond acceptors (Lipinski definition) is 4. The smallest absolute Gasteiger partial charge is 0.258 e. The number of fused-ring (bicyclic) bond motifs is 1. The van der Waals surface area contributed by atoms with Crippen LogP contribution in [-0.4, -0.2) is 9.97 Å². The first-order valence-electron chi connectivity index (χ1n) is 3.75. The molecule has 0 atom stereocenters. The van der Waals surface area contributed by atoms with Crippen molar-refractivity contribution in [2.45, 2.75) is 0 Å². The van der Waals surface area contributed by atoms with Gasteiger partial charge >= 0.3 is 0 Å². The summed E-state index contributed by atoms with van der Waals surface area (Å²) >= 11 is 0. The van der Waals surface area contributed by atoms with Crippen LogP contribution >= 0.6 is 0 Å². The van der Waals surface area contributed by atoms with Crippen LogP contribution in [0.3, 0.4) is 0 Å². The van der Waals surface area contributed by atoms with Crippen LogP contribution in [0.1, 0.15) is 0 Å². The highest BCUT2D eigenvalue weighted by molar-refractivity contribution is 5.81. The Morgan fingerprint density at radius 1 is 1.46 bits per heavy atom. The molecule has 2 aromatic rings. The summed E-state index contributed by atoms with van der Waals surface area (Å²) in [4.78, 5) is 17.8. The Labute approximate surface area is 73.6 Å². The van der Waals surface area contributed by atoms with Crippen molar-refractivity contribution >= 4 is 16.6 Å². The highest BCUT2D eigenvalue weighted by Crippen LogP contribution is 2.11. The standard InChI is InChI=1S/C8H8N4O/c9-12-5-1-2-7-6(3-5)8(13)11-4-10-7/h1-4,12H,9H2,(H,10,11,13). The maximum Gasteiger partial charge on any atom is 0.258 e. The van der Waals surface area contributed by atoms with E-state index in [2.05, 4.69) is 15.4 Å². The molecule has 0 amide bonds. The zero-order valence-corrected chi connectivity index (χ0v) is 6.74. The number of aromatic nitrogens is 2. The molecule has 66 valence electrons. The third-order valence-corrected chi connectivity index (χ3v) is 1.81. The lowest BCUT2D eigenvalue weighted by Gasteiger charge is -2.00. The second kappa shape index (κ2) is 2.87. The first kappa shape index (κ1) is 7.75. The Balaban J connectivity index is 2.82. The quantitative estimate of drug-likeness (QED) is 0.428. The highest BCUT2D eigenvalue weighted by atomic mass is 16.1. The minimum atomic E-state index is -0.165. The molecule has 0 unspecified atom stereocenters. The second-order valence-corrected chi connectivity index (χ2v) is 2.61. The fourth-order valence-corrected chi connectivity index (χ4v) is 1.16. The van der Waals surface area contributed by atoms with Crippen molar-refractivity contribution in [3.63, 3.8) is 0 Å². The van der Waals surface area contributed by atoms with Crippen LogP contribution in [0.4, 0.5) is 5.69 Å². The van der Waals surface area contributed by atoms with Gasteiger partial charge < -0.3 is 10.4 Å². The average molecular weight is 176 g/mol. The van der Waals surface area contributed by atoms with Gasteiger partial charge in [-0.1, -0.05) is 0 Å². The summed E-state index contributed by atoms with van der Waals surface area (Å²) in [6.07, 6.45) is 1.38. The summed E-state index contributed by atoms with van der Waals surface area (Å²) in [5.74, 6) is 5.21. The van der Waals surface area contributed by atoms with E-state index in [-0.39, 0.29) is 5.56 Å². The molecule has 0 fully saturated rings. The summed E-state index contributed by atoms with van der Waals surface area (Å²) in [7, 11) is 0. The van der Waals surface area contributed by atoms with Crippen molar-refractivity contribution in [1.82, 2.24) is 9.97 Å². The Kier molecular flexibility index (Phi) is 1.71. The summed E-state index contributed by atoms with van der Waals surface area (Å²) < 4.78 is 0. The molecule has 1 aromatic carbocycles. The zero-order valence-electron chi connectivity index (χ0n) is 6.74. The molecule has 0 radical (unpaired) electrons. The van der Waals surface area contributed by atoms with Gasteiger partial charge in [-0.2, -0.15) is 0 Å². The number of nitrogens with one attached hydrogen (secondary N) is 2. The molecule has 5 nitrogen and oxygen atoms in total. The van der Waals surface area contributed by atoms with E-state index in [4.69, 9.17) is 5.84 Å². The lowest BCUT2D eigenvalue weighted by molar-refractivity contribution is 1.17. The summed E-state index contributed by atoms with van der Waals surface area (Å²) in [6, 6.07) is 5.15. The molecule has 0 aliphatic rings. The summed E-state index contributed by atoms with van der Waals surface area (Å²) in [5.41, 5.74) is 3.64. The Morgan fingerprint density at radius 2 is 2.31 bits per heavy atom. The molecule has 0 saturated carbocycles. The SMILES string of the molecule is NNc1ccc2nc[nH]c(=O)c2c1. The van der Waals surface area contributed by atoms with E-state index in [1.54, 1.807) is 18.2 Å². The van der Waals surface area contributed by atoms with E-state index in [0.29, 0.717) is 16.6 Å². The first-order valence-corrected chi connectivity index (χ1v) is 3.75. The molecule has 0 spiro atoms. The molecule has 4 N–H and O–H groups in total. The van der Waals surface area contributed by atoms with Crippen molar-refractivity contribution < 1.29 is 0 Å². The van der Waals surface area contributed by atoms with Crippen molar-refractivity contribution in [1.29, 1.82) is 0 Å². The lowest BCUT2D eigenvalue weighted by atomic mass is 10.2. The van der Waals surface area contributed by atoms with Gasteiger partial charge in [-0.05, 0) is 18.2 Å². The van der Waals surface area contributed by atoms with Crippen molar-refractivity contribution in [3.8, 4) is 0 Å². The number of nitrogens with two attached hydrogens (primary N) is 1. The van der Waals surface area contributed by atoms with E-state index >= 15 is 0 Å². The first-order chi connectivity index (χ1) is 6.31. The van der Waals surface area contributed by atoms with E-state index < -0.39 is 0 Å². The number of nitrogens with zero attached hydrogens (tertiary/aromatic N) is 1. The maximum absolute atomic E-state index is 11.3. The number of hydrogen-bond donors (Lipinski definition) is 3. The van der Waals surface area contributed by atoms with Gasteiger partial charge in [-0.25, -0.2) is 4.98 Å². The van der Waals surface area contributed by atoms with Gasteiger partial charge in [0.05, 0.1) is 17.2 Å². The number of aromatic amines is 1. The van der Waals surface area contributed by atoms with Crippen LogP contribution in [0.2, 0.25) is 0 Å². The molecular formula is C8H8N4O. The summed E-state index contributed by atoms with van der Waals surface area (Å²) in [5, 5.41) is 0.526. The second-order valence-electron chi connectivity index (χ2n) is 2.61. The van der Waals surface area contributed by atoms with Gasteiger partial charge in [0, 0.05) is 5.69 Å². The van der Waals surface area contributed by atoms with E-state index in [0.717, 1.165) is 0 Å². The Morgan fingerprint density at radius 3 is 3.08 bits per heavy atom. The van der Waals surface area contributed by atoms with Crippen molar-refractivity contribution in [2.75, 3.05) is 5.43 Å². The van der Waals surface area contributed by atoms with Crippen LogP contribution in [0.25, 0.3) is 10.9 Å². The summed E-state index contributed by atoms with van der Waals surface area (Å²) in [6.45, 7) is 0. The molecule has 0 aliphatic heterocycles. The third kappa shape index (κ3) is 1.25. The highest BCUT2D eigenvalue weighted by Gasteiger charge is 1.99. The number of anilines is 1. The fourth-order valence-electron chi connectivity index (χ4n) is 1.16. The van der Waals surface area contributed by atoms with Gasteiger partial charge in [-0.3, -0.25) is 10.6 Å². The molecule has 5 heteroatoms. The van der Waals surface area contributed by atoms with Crippen LogP contribution in [-0.2, 0) is 0 Å². The minimum Gasteiger partial charge on any atom is -0.324 e.